The summed E-state index contributed by atoms with van der Waals surface area (Å²) in [7, 11) is 0. The maximum atomic E-state index is 11.5. The quantitative estimate of drug-likeness (QED) is 0.277. The molecule has 0 rings (SSSR count). The Morgan fingerprint density at radius 2 is 1.61 bits per heavy atom. The third-order valence-corrected chi connectivity index (χ3v) is 3.25. The molecule has 0 spiro atoms. The second kappa shape index (κ2) is 12.7. The topological polar surface area (TPSA) is 26.3 Å². The Kier molecular flexibility index (Phi) is 12.1. The highest BCUT2D eigenvalue weighted by atomic mass is 16.5. The number of carbonyl (C=O) groups is 1. The van der Waals surface area contributed by atoms with Gasteiger partial charge in [-0.2, -0.15) is 0 Å². The Bertz CT molecular complexity index is 207. The van der Waals surface area contributed by atoms with Gasteiger partial charge in [-0.3, -0.25) is 4.79 Å². The molecule has 0 bridgehead atoms. The number of rotatable bonds is 12. The summed E-state index contributed by atoms with van der Waals surface area (Å²) in [5.41, 5.74) is 0. The summed E-state index contributed by atoms with van der Waals surface area (Å²) in [6, 6.07) is 0. The fourth-order valence-corrected chi connectivity index (χ4v) is 1.97. The fourth-order valence-electron chi connectivity index (χ4n) is 1.97. The van der Waals surface area contributed by atoms with E-state index in [0.717, 1.165) is 32.1 Å². The molecule has 0 unspecified atom stereocenters. The molecule has 0 heterocycles. The van der Waals surface area contributed by atoms with E-state index in [-0.39, 0.29) is 12.1 Å². The first-order valence-electron chi connectivity index (χ1n) is 7.54. The van der Waals surface area contributed by atoms with E-state index in [1.54, 1.807) is 0 Å². The maximum Gasteiger partial charge on any atom is 0.306 e. The van der Waals surface area contributed by atoms with Crippen molar-refractivity contribution in [2.45, 2.75) is 84.2 Å². The van der Waals surface area contributed by atoms with E-state index in [1.807, 2.05) is 6.08 Å². The van der Waals surface area contributed by atoms with Crippen molar-refractivity contribution in [3.63, 3.8) is 0 Å². The van der Waals surface area contributed by atoms with Gasteiger partial charge in [-0.15, -0.1) is 6.58 Å². The van der Waals surface area contributed by atoms with Crippen molar-refractivity contribution in [2.75, 3.05) is 0 Å². The van der Waals surface area contributed by atoms with Gasteiger partial charge >= 0.3 is 5.97 Å². The van der Waals surface area contributed by atoms with E-state index in [9.17, 15) is 4.79 Å². The van der Waals surface area contributed by atoms with Crippen LogP contribution in [-0.2, 0) is 9.53 Å². The van der Waals surface area contributed by atoms with E-state index < -0.39 is 0 Å². The first-order chi connectivity index (χ1) is 8.74. The Balaban J connectivity index is 3.32. The van der Waals surface area contributed by atoms with Gasteiger partial charge in [-0.25, -0.2) is 0 Å². The van der Waals surface area contributed by atoms with Crippen molar-refractivity contribution < 1.29 is 9.53 Å². The molecule has 2 nitrogen and oxygen atoms in total. The van der Waals surface area contributed by atoms with Gasteiger partial charge in [0.1, 0.15) is 6.10 Å². The largest absolute Gasteiger partial charge is 0.462 e. The number of allylic oxidation sites excluding steroid dienone is 1. The number of ether oxygens (including phenoxy) is 1. The first-order valence-corrected chi connectivity index (χ1v) is 7.54. The molecule has 18 heavy (non-hydrogen) atoms. The molecule has 2 heteroatoms. The molecule has 0 amide bonds. The van der Waals surface area contributed by atoms with Crippen LogP contribution in [-0.4, -0.2) is 12.1 Å². The van der Waals surface area contributed by atoms with Crippen molar-refractivity contribution >= 4 is 5.97 Å². The zero-order valence-electron chi connectivity index (χ0n) is 12.2. The lowest BCUT2D eigenvalue weighted by molar-refractivity contribution is -0.149. The Morgan fingerprint density at radius 3 is 2.17 bits per heavy atom. The van der Waals surface area contributed by atoms with Gasteiger partial charge in [0, 0.05) is 6.42 Å². The normalized spacial score (nSPS) is 10.6. The molecular formula is C16H30O2. The minimum absolute atomic E-state index is 0.0182. The van der Waals surface area contributed by atoms with Crippen LogP contribution >= 0.6 is 0 Å². The summed E-state index contributed by atoms with van der Waals surface area (Å²) in [6.45, 7) is 7.83. The number of hydrogen-bond acceptors (Lipinski definition) is 2. The number of unbranched alkanes of at least 4 members (excludes halogenated alkanes) is 6. The predicted molar refractivity (Wildman–Crippen MR) is 77.6 cm³/mol. The van der Waals surface area contributed by atoms with Crippen LogP contribution in [0.25, 0.3) is 0 Å². The summed E-state index contributed by atoms with van der Waals surface area (Å²) in [6.07, 6.45) is 12.8. The van der Waals surface area contributed by atoms with E-state index >= 15 is 0 Å². The van der Waals surface area contributed by atoms with Crippen molar-refractivity contribution in [1.82, 2.24) is 0 Å². The highest BCUT2D eigenvalue weighted by Gasteiger charge is 2.09. The van der Waals surface area contributed by atoms with Crippen LogP contribution < -0.4 is 0 Å². The van der Waals surface area contributed by atoms with Crippen LogP contribution in [0, 0.1) is 0 Å². The summed E-state index contributed by atoms with van der Waals surface area (Å²) in [4.78, 5) is 11.5. The molecule has 0 radical (unpaired) electrons. The number of esters is 1. The summed E-state index contributed by atoms with van der Waals surface area (Å²) >= 11 is 0. The molecule has 0 fully saturated rings. The van der Waals surface area contributed by atoms with Crippen molar-refractivity contribution in [1.29, 1.82) is 0 Å². The van der Waals surface area contributed by atoms with E-state index in [4.69, 9.17) is 4.74 Å². The fraction of sp³-hybridized carbons (Fsp3) is 0.812. The van der Waals surface area contributed by atoms with Gasteiger partial charge in [0.15, 0.2) is 0 Å². The van der Waals surface area contributed by atoms with Crippen LogP contribution in [0.3, 0.4) is 0 Å². The minimum Gasteiger partial charge on any atom is -0.462 e. The van der Waals surface area contributed by atoms with Gasteiger partial charge in [-0.1, -0.05) is 45.6 Å². The van der Waals surface area contributed by atoms with Crippen LogP contribution in [0.2, 0.25) is 0 Å². The standard InChI is InChI=1S/C16H30O2/c1-4-7-8-9-10-11-12-13-14-16(17)18-15(5-2)6-3/h4,15H,1,5-14H2,2-3H3. The van der Waals surface area contributed by atoms with Crippen LogP contribution in [0.15, 0.2) is 12.7 Å². The smallest absolute Gasteiger partial charge is 0.306 e. The molecule has 0 aromatic heterocycles. The molecule has 0 aromatic carbocycles. The summed E-state index contributed by atoms with van der Waals surface area (Å²) in [5.74, 6) is -0.0182. The highest BCUT2D eigenvalue weighted by molar-refractivity contribution is 5.69. The van der Waals surface area contributed by atoms with E-state index in [1.165, 1.54) is 25.7 Å². The van der Waals surface area contributed by atoms with E-state index in [0.29, 0.717) is 6.42 Å². The van der Waals surface area contributed by atoms with Crippen LogP contribution in [0.4, 0.5) is 0 Å². The molecule has 0 aliphatic heterocycles. The molecule has 0 aromatic rings. The number of hydrogen-bond donors (Lipinski definition) is 0. The highest BCUT2D eigenvalue weighted by Crippen LogP contribution is 2.10. The molecule has 0 saturated heterocycles. The van der Waals surface area contributed by atoms with Gasteiger partial charge in [-0.05, 0) is 32.1 Å². The monoisotopic (exact) mass is 254 g/mol. The first kappa shape index (κ1) is 17.2. The molecule has 0 saturated carbocycles. The molecule has 0 aliphatic rings. The lowest BCUT2D eigenvalue weighted by Crippen LogP contribution is -2.16. The summed E-state index contributed by atoms with van der Waals surface area (Å²) < 4.78 is 5.36. The third kappa shape index (κ3) is 10.4. The lowest BCUT2D eigenvalue weighted by Gasteiger charge is -2.13. The second-order valence-corrected chi connectivity index (χ2v) is 4.88. The Labute approximate surface area is 113 Å². The average Bonchev–Trinajstić information content (AvgIpc) is 2.39. The zero-order valence-corrected chi connectivity index (χ0v) is 12.2. The average molecular weight is 254 g/mol. The molecular weight excluding hydrogens is 224 g/mol. The molecule has 0 atom stereocenters. The zero-order chi connectivity index (χ0) is 13.6. The van der Waals surface area contributed by atoms with E-state index in [2.05, 4.69) is 20.4 Å². The van der Waals surface area contributed by atoms with Crippen molar-refractivity contribution in [3.05, 3.63) is 12.7 Å². The Hall–Kier alpha value is -0.790. The van der Waals surface area contributed by atoms with Gasteiger partial charge in [0.2, 0.25) is 0 Å². The second-order valence-electron chi connectivity index (χ2n) is 4.88. The minimum atomic E-state index is -0.0182. The van der Waals surface area contributed by atoms with Crippen LogP contribution in [0.1, 0.15) is 78.1 Å². The molecule has 0 aliphatic carbocycles. The third-order valence-electron chi connectivity index (χ3n) is 3.25. The predicted octanol–water partition coefficient (Wildman–Crippen LogP) is 5.03. The maximum absolute atomic E-state index is 11.5. The Morgan fingerprint density at radius 1 is 1.06 bits per heavy atom. The van der Waals surface area contributed by atoms with Gasteiger partial charge in [0.25, 0.3) is 0 Å². The number of carbonyl (C=O) groups excluding carboxylic acids is 1. The molecule has 106 valence electrons. The SMILES string of the molecule is C=CCCCCCCCCC(=O)OC(CC)CC. The van der Waals surface area contributed by atoms with Crippen molar-refractivity contribution in [2.24, 2.45) is 0 Å². The lowest BCUT2D eigenvalue weighted by atomic mass is 10.1. The van der Waals surface area contributed by atoms with Gasteiger partial charge in [0.05, 0.1) is 0 Å². The van der Waals surface area contributed by atoms with Crippen LogP contribution in [0.5, 0.6) is 0 Å². The summed E-state index contributed by atoms with van der Waals surface area (Å²) in [5, 5.41) is 0. The van der Waals surface area contributed by atoms with Gasteiger partial charge < -0.3 is 4.74 Å². The van der Waals surface area contributed by atoms with Crippen molar-refractivity contribution in [3.8, 4) is 0 Å². The molecule has 0 N–H and O–H groups in total.